The lowest BCUT2D eigenvalue weighted by Gasteiger charge is -2.37. The van der Waals surface area contributed by atoms with E-state index in [2.05, 4.69) is 60.1 Å². The largest absolute Gasteiger partial charge is 0.324 e. The predicted molar refractivity (Wildman–Crippen MR) is 138 cm³/mol. The van der Waals surface area contributed by atoms with Crippen molar-refractivity contribution in [2.24, 2.45) is 4.36 Å². The molecule has 5 rings (SSSR count). The van der Waals surface area contributed by atoms with Crippen molar-refractivity contribution < 1.29 is 4.21 Å². The van der Waals surface area contributed by atoms with Crippen molar-refractivity contribution in [2.45, 2.75) is 31.7 Å². The van der Waals surface area contributed by atoms with E-state index in [1.165, 1.54) is 35.7 Å². The molecule has 1 unspecified atom stereocenters. The third-order valence-electron chi connectivity index (χ3n) is 6.19. The Hall–Kier alpha value is -3.55. The zero-order valence-corrected chi connectivity index (χ0v) is 20.9. The molecule has 9 nitrogen and oxygen atoms in total. The molecule has 0 bridgehead atoms. The number of hydrogen-bond acceptors (Lipinski definition) is 9. The number of anilines is 4. The molecule has 1 aliphatic carbocycles. The maximum Gasteiger partial charge on any atom is 0.229 e. The zero-order valence-electron chi connectivity index (χ0n) is 20.1. The highest BCUT2D eigenvalue weighted by Gasteiger charge is 2.29. The Bertz CT molecular complexity index is 1450. The van der Waals surface area contributed by atoms with Crippen LogP contribution in [-0.2, 0) is 22.7 Å². The summed E-state index contributed by atoms with van der Waals surface area (Å²) >= 11 is 0. The topological polar surface area (TPSA) is 119 Å². The maximum atomic E-state index is 12.0. The van der Waals surface area contributed by atoms with Crippen molar-refractivity contribution in [3.05, 3.63) is 58.8 Å². The van der Waals surface area contributed by atoms with Crippen LogP contribution in [-0.4, -0.2) is 50.2 Å². The molecule has 1 atom stereocenters. The molecule has 0 amide bonds. The fraction of sp³-hybridized carbons (Fsp3) is 0.360. The minimum absolute atomic E-state index is 0.291. The van der Waals surface area contributed by atoms with Crippen LogP contribution in [0, 0.1) is 11.3 Å². The Morgan fingerprint density at radius 2 is 2.03 bits per heavy atom. The number of pyridine rings is 1. The van der Waals surface area contributed by atoms with Gasteiger partial charge in [-0.15, -0.1) is 0 Å². The van der Waals surface area contributed by atoms with E-state index in [0.717, 1.165) is 25.2 Å². The highest BCUT2D eigenvalue weighted by atomic mass is 32.2. The molecule has 10 heteroatoms. The van der Waals surface area contributed by atoms with Crippen LogP contribution in [0.25, 0.3) is 0 Å². The number of aryl methyl sites for hydroxylation is 1. The molecule has 0 fully saturated rings. The van der Waals surface area contributed by atoms with Crippen molar-refractivity contribution in [1.29, 1.82) is 5.26 Å². The van der Waals surface area contributed by atoms with Crippen LogP contribution >= 0.6 is 0 Å². The molecule has 2 aromatic heterocycles. The molecule has 2 N–H and O–H groups in total. The summed E-state index contributed by atoms with van der Waals surface area (Å²) in [6.07, 6.45) is 8.15. The van der Waals surface area contributed by atoms with E-state index in [-0.39, 0.29) is 0 Å². The minimum Gasteiger partial charge on any atom is -0.324 e. The lowest BCUT2D eigenvalue weighted by Crippen LogP contribution is -2.33. The van der Waals surface area contributed by atoms with Crippen LogP contribution in [0.2, 0.25) is 0 Å². The van der Waals surface area contributed by atoms with Crippen LogP contribution in [0.1, 0.15) is 41.0 Å². The predicted octanol–water partition coefficient (Wildman–Crippen LogP) is 4.45. The number of nitriles is 1. The number of nitrogens with one attached hydrogen (secondary N) is 2. The highest BCUT2D eigenvalue weighted by molar-refractivity contribution is 7.92. The minimum atomic E-state index is -2.34. The number of aromatic nitrogens is 3. The summed E-state index contributed by atoms with van der Waals surface area (Å²) in [5, 5.41) is 16.0. The quantitative estimate of drug-likeness (QED) is 0.540. The first kappa shape index (κ1) is 23.2. The number of hydrogen-bond donors (Lipinski definition) is 2. The van der Waals surface area contributed by atoms with Gasteiger partial charge in [-0.25, -0.2) is 14.2 Å². The van der Waals surface area contributed by atoms with E-state index in [9.17, 15) is 9.47 Å². The van der Waals surface area contributed by atoms with E-state index in [1.54, 1.807) is 30.7 Å². The SMILES string of the molecule is CN1Cc2cc(Nc3ncc(C#N)c(Nc4cccc(N=S(C)(C)=O)n4)n3)cc3c2C(CCC3)C1. The van der Waals surface area contributed by atoms with Crippen LogP contribution in [0.3, 0.4) is 0 Å². The summed E-state index contributed by atoms with van der Waals surface area (Å²) in [6.45, 7) is 2.06. The first-order valence-electron chi connectivity index (χ1n) is 11.6. The van der Waals surface area contributed by atoms with Crippen LogP contribution < -0.4 is 10.6 Å². The maximum absolute atomic E-state index is 12.0. The van der Waals surface area contributed by atoms with Gasteiger partial charge < -0.3 is 15.5 Å². The molecule has 3 heterocycles. The summed E-state index contributed by atoms with van der Waals surface area (Å²) in [4.78, 5) is 15.7. The van der Waals surface area contributed by atoms with Gasteiger partial charge in [0.05, 0.1) is 6.20 Å². The molecule has 0 saturated heterocycles. The Balaban J connectivity index is 1.44. The average molecular weight is 489 g/mol. The van der Waals surface area contributed by atoms with Crippen molar-refractivity contribution in [1.82, 2.24) is 19.9 Å². The molecule has 0 spiro atoms. The van der Waals surface area contributed by atoms with Crippen molar-refractivity contribution in [2.75, 3.05) is 36.7 Å². The molecule has 35 heavy (non-hydrogen) atoms. The summed E-state index contributed by atoms with van der Waals surface area (Å²) in [5.74, 6) is 2.14. The standard InChI is InChI=1S/C25H28N8OS/c1-33-14-17-7-4-6-16-10-20(11-18(15-33)23(16)17)28-25-27-13-19(12-26)24(31-25)30-21-8-5-9-22(29-21)32-35(2,3)34/h5,8-11,13,17H,4,6-7,14-15H2,1-3H3,(H2,27,28,29,30,31). The first-order chi connectivity index (χ1) is 16.8. The molecule has 3 aromatic rings. The Labute approximate surface area is 205 Å². The van der Waals surface area contributed by atoms with Gasteiger partial charge in [0.1, 0.15) is 17.5 Å². The monoisotopic (exact) mass is 488 g/mol. The van der Waals surface area contributed by atoms with Gasteiger partial charge in [-0.05, 0) is 73.2 Å². The van der Waals surface area contributed by atoms with Gasteiger partial charge in [0.2, 0.25) is 5.95 Å². The van der Waals surface area contributed by atoms with Crippen LogP contribution in [0.4, 0.5) is 29.1 Å². The normalized spacial score (nSPS) is 17.3. The molecule has 0 saturated carbocycles. The number of likely N-dealkylation sites (N-methyl/N-ethyl adjacent to an activating group) is 1. The first-order valence-corrected chi connectivity index (χ1v) is 13.9. The van der Waals surface area contributed by atoms with E-state index in [1.807, 2.05) is 0 Å². The third-order valence-corrected chi connectivity index (χ3v) is 6.82. The van der Waals surface area contributed by atoms with Crippen molar-refractivity contribution in [3.63, 3.8) is 0 Å². The lowest BCUT2D eigenvalue weighted by atomic mass is 9.77. The molecular formula is C25H28N8OS. The summed E-state index contributed by atoms with van der Waals surface area (Å²) < 4.78 is 16.2. The van der Waals surface area contributed by atoms with Gasteiger partial charge in [0, 0.05) is 41.0 Å². The van der Waals surface area contributed by atoms with E-state index >= 15 is 0 Å². The summed E-state index contributed by atoms with van der Waals surface area (Å²) in [5.41, 5.74) is 5.55. The third kappa shape index (κ3) is 5.26. The lowest BCUT2D eigenvalue weighted by molar-refractivity contribution is 0.266. The van der Waals surface area contributed by atoms with Gasteiger partial charge in [-0.3, -0.25) is 0 Å². The van der Waals surface area contributed by atoms with Crippen LogP contribution in [0.5, 0.6) is 0 Å². The van der Waals surface area contributed by atoms with Gasteiger partial charge in [-0.1, -0.05) is 6.07 Å². The van der Waals surface area contributed by atoms with Gasteiger partial charge in [-0.2, -0.15) is 14.6 Å². The molecule has 0 radical (unpaired) electrons. The van der Waals surface area contributed by atoms with Gasteiger partial charge in [0.15, 0.2) is 11.6 Å². The van der Waals surface area contributed by atoms with E-state index < -0.39 is 9.73 Å². The van der Waals surface area contributed by atoms with E-state index in [4.69, 9.17) is 0 Å². The van der Waals surface area contributed by atoms with Crippen LogP contribution in [0.15, 0.2) is 40.9 Å². The summed E-state index contributed by atoms with van der Waals surface area (Å²) in [6, 6.07) is 11.7. The molecule has 2 aliphatic rings. The Morgan fingerprint density at radius 3 is 2.83 bits per heavy atom. The molecule has 1 aliphatic heterocycles. The van der Waals surface area contributed by atoms with Gasteiger partial charge >= 0.3 is 0 Å². The average Bonchev–Trinajstić information content (AvgIpc) is 2.78. The number of benzene rings is 1. The second kappa shape index (κ2) is 9.24. The van der Waals surface area contributed by atoms with Crippen molar-refractivity contribution >= 4 is 38.8 Å². The highest BCUT2D eigenvalue weighted by Crippen LogP contribution is 2.40. The van der Waals surface area contributed by atoms with Crippen molar-refractivity contribution in [3.8, 4) is 6.07 Å². The molecular weight excluding hydrogens is 460 g/mol. The second-order valence-corrected chi connectivity index (χ2v) is 12.0. The fourth-order valence-electron chi connectivity index (χ4n) is 4.95. The Morgan fingerprint density at radius 1 is 1.20 bits per heavy atom. The smallest absolute Gasteiger partial charge is 0.229 e. The number of rotatable bonds is 5. The fourth-order valence-corrected chi connectivity index (χ4v) is 5.50. The molecule has 180 valence electrons. The summed E-state index contributed by atoms with van der Waals surface area (Å²) in [7, 11) is -0.167. The second-order valence-electron chi connectivity index (χ2n) is 9.47. The molecule has 1 aromatic carbocycles. The zero-order chi connectivity index (χ0) is 24.6. The van der Waals surface area contributed by atoms with Gasteiger partial charge in [0.25, 0.3) is 0 Å². The van der Waals surface area contributed by atoms with E-state index in [0.29, 0.717) is 34.9 Å². The number of nitrogens with zero attached hydrogens (tertiary/aromatic N) is 6. The Kier molecular flexibility index (Phi) is 6.13.